The van der Waals surface area contributed by atoms with Crippen molar-refractivity contribution >= 4 is 41.8 Å². The minimum atomic E-state index is -0.501. The molecular formula is C23H37IN6O3. The van der Waals surface area contributed by atoms with Crippen molar-refractivity contribution in [3.63, 3.8) is 0 Å². The molecule has 3 N–H and O–H groups in total. The number of piperazine rings is 1. The van der Waals surface area contributed by atoms with E-state index in [9.17, 15) is 9.59 Å². The van der Waals surface area contributed by atoms with Crippen molar-refractivity contribution in [3.05, 3.63) is 29.8 Å². The van der Waals surface area contributed by atoms with E-state index in [4.69, 9.17) is 15.5 Å². The number of carbonyl (C=O) groups is 2. The molecular weight excluding hydrogens is 535 g/mol. The largest absolute Gasteiger partial charge is 0.484 e. The van der Waals surface area contributed by atoms with Crippen LogP contribution in [0.25, 0.3) is 0 Å². The van der Waals surface area contributed by atoms with Gasteiger partial charge in [-0.25, -0.2) is 4.99 Å². The summed E-state index contributed by atoms with van der Waals surface area (Å²) in [5, 5.41) is 3.38. The first-order chi connectivity index (χ1) is 15.5. The van der Waals surface area contributed by atoms with Crippen LogP contribution in [0.15, 0.2) is 29.3 Å². The average molecular weight is 572 g/mol. The van der Waals surface area contributed by atoms with E-state index in [0.717, 1.165) is 70.2 Å². The normalized spacial score (nSPS) is 17.9. The fourth-order valence-corrected chi connectivity index (χ4v) is 4.16. The lowest BCUT2D eigenvalue weighted by Gasteiger charge is -2.39. The molecule has 0 bridgehead atoms. The monoisotopic (exact) mass is 572 g/mol. The first-order valence-corrected chi connectivity index (χ1v) is 11.5. The molecule has 0 aliphatic carbocycles. The first kappa shape index (κ1) is 27.2. The molecule has 33 heavy (non-hydrogen) atoms. The van der Waals surface area contributed by atoms with Crippen LogP contribution < -0.4 is 15.8 Å². The third-order valence-electron chi connectivity index (χ3n) is 5.96. The van der Waals surface area contributed by atoms with Gasteiger partial charge in [-0.2, -0.15) is 0 Å². The molecule has 2 saturated heterocycles. The number of rotatable bonds is 8. The quantitative estimate of drug-likeness (QED) is 0.276. The van der Waals surface area contributed by atoms with Gasteiger partial charge in [0.05, 0.1) is 12.6 Å². The molecule has 1 aromatic rings. The van der Waals surface area contributed by atoms with Crippen LogP contribution in [0.5, 0.6) is 5.75 Å². The minimum absolute atomic E-state index is 0. The minimum Gasteiger partial charge on any atom is -0.484 e. The summed E-state index contributed by atoms with van der Waals surface area (Å²) in [6.07, 6.45) is 2.24. The molecule has 1 aromatic carbocycles. The van der Waals surface area contributed by atoms with E-state index in [1.807, 2.05) is 30.0 Å². The molecule has 3 rings (SSSR count). The summed E-state index contributed by atoms with van der Waals surface area (Å²) >= 11 is 0. The van der Waals surface area contributed by atoms with Gasteiger partial charge in [0.1, 0.15) is 5.75 Å². The lowest BCUT2D eigenvalue weighted by Crippen LogP contribution is -2.57. The van der Waals surface area contributed by atoms with Gasteiger partial charge in [0.25, 0.3) is 5.91 Å². The van der Waals surface area contributed by atoms with Crippen molar-refractivity contribution in [1.82, 2.24) is 20.0 Å². The highest BCUT2D eigenvalue weighted by Gasteiger charge is 2.30. The zero-order chi connectivity index (χ0) is 22.9. The van der Waals surface area contributed by atoms with E-state index in [2.05, 4.69) is 22.0 Å². The number of nitrogens with two attached hydrogens (primary N) is 1. The van der Waals surface area contributed by atoms with Gasteiger partial charge < -0.3 is 25.6 Å². The highest BCUT2D eigenvalue weighted by Crippen LogP contribution is 2.16. The molecule has 0 radical (unpaired) electrons. The predicted octanol–water partition coefficient (Wildman–Crippen LogP) is 1.26. The highest BCUT2D eigenvalue weighted by molar-refractivity contribution is 14.0. The number of carbonyl (C=O) groups excluding carboxylic acids is 2. The van der Waals surface area contributed by atoms with Gasteiger partial charge in [0.15, 0.2) is 12.6 Å². The number of nitrogens with zero attached hydrogens (tertiary/aromatic N) is 4. The topological polar surface area (TPSA) is 103 Å². The van der Waals surface area contributed by atoms with Crippen molar-refractivity contribution in [2.75, 3.05) is 52.4 Å². The average Bonchev–Trinajstić information content (AvgIpc) is 3.35. The maximum absolute atomic E-state index is 12.7. The van der Waals surface area contributed by atoms with Gasteiger partial charge in [-0.3, -0.25) is 14.5 Å². The van der Waals surface area contributed by atoms with E-state index in [1.165, 1.54) is 0 Å². The number of likely N-dealkylation sites (tertiary alicyclic amines) is 1. The Balaban J connectivity index is 0.00000385. The highest BCUT2D eigenvalue weighted by atomic mass is 127. The Morgan fingerprint density at radius 3 is 2.45 bits per heavy atom. The van der Waals surface area contributed by atoms with Crippen molar-refractivity contribution in [1.29, 1.82) is 0 Å². The molecule has 2 amide bonds. The summed E-state index contributed by atoms with van der Waals surface area (Å²) in [5.41, 5.74) is 6.14. The molecule has 9 nitrogen and oxygen atoms in total. The number of primary amides is 1. The number of aliphatic imine (C=N–C) groups is 1. The van der Waals surface area contributed by atoms with Crippen LogP contribution in [0.1, 0.15) is 32.3 Å². The Kier molecular flexibility index (Phi) is 11.2. The Bertz CT molecular complexity index is 807. The van der Waals surface area contributed by atoms with Crippen LogP contribution in [-0.2, 0) is 16.1 Å². The summed E-state index contributed by atoms with van der Waals surface area (Å²) < 4.78 is 5.38. The Morgan fingerprint density at radius 1 is 1.12 bits per heavy atom. The number of amides is 2. The number of nitrogens with one attached hydrogen (secondary N) is 1. The molecule has 0 saturated carbocycles. The summed E-state index contributed by atoms with van der Waals surface area (Å²) in [7, 11) is 0. The number of guanidine groups is 1. The second kappa shape index (κ2) is 13.6. The maximum Gasteiger partial charge on any atom is 0.255 e. The zero-order valence-corrected chi connectivity index (χ0v) is 22.0. The Morgan fingerprint density at radius 2 is 1.82 bits per heavy atom. The van der Waals surface area contributed by atoms with Gasteiger partial charge in [-0.1, -0.05) is 12.1 Å². The van der Waals surface area contributed by atoms with Crippen molar-refractivity contribution in [2.45, 2.75) is 39.3 Å². The summed E-state index contributed by atoms with van der Waals surface area (Å²) in [6.45, 7) is 10.3. The van der Waals surface area contributed by atoms with Gasteiger partial charge in [0, 0.05) is 45.8 Å². The fourth-order valence-electron chi connectivity index (χ4n) is 4.16. The summed E-state index contributed by atoms with van der Waals surface area (Å²) in [4.78, 5) is 35.0. The standard InChI is InChI=1S/C23H36N6O3.HI/c1-3-25-23(26-16-19-7-6-8-20(15-19)32-17-21(24)30)29-13-11-27(12-14-29)18(2)22(31)28-9-4-5-10-28;/h6-8,15,18H,3-5,9-14,16-17H2,1-2H3,(H2,24,30)(H,25,26);1H. The molecule has 2 aliphatic heterocycles. The third kappa shape index (κ3) is 8.02. The van der Waals surface area contributed by atoms with Crippen molar-refractivity contribution in [2.24, 2.45) is 10.7 Å². The third-order valence-corrected chi connectivity index (χ3v) is 5.96. The lowest BCUT2D eigenvalue weighted by atomic mass is 10.2. The second-order valence-corrected chi connectivity index (χ2v) is 8.30. The van der Waals surface area contributed by atoms with Crippen LogP contribution in [0.2, 0.25) is 0 Å². The van der Waals surface area contributed by atoms with Gasteiger partial charge in [-0.15, -0.1) is 24.0 Å². The summed E-state index contributed by atoms with van der Waals surface area (Å²) in [5.74, 6) is 1.23. The van der Waals surface area contributed by atoms with Crippen LogP contribution in [-0.4, -0.2) is 90.9 Å². The predicted molar refractivity (Wildman–Crippen MR) is 140 cm³/mol. The van der Waals surface area contributed by atoms with Crippen LogP contribution in [0.4, 0.5) is 0 Å². The fraction of sp³-hybridized carbons (Fsp3) is 0.609. The number of ether oxygens (including phenoxy) is 1. The number of halogens is 1. The molecule has 1 unspecified atom stereocenters. The maximum atomic E-state index is 12.7. The van der Waals surface area contributed by atoms with Crippen LogP contribution in [0.3, 0.4) is 0 Å². The van der Waals surface area contributed by atoms with E-state index < -0.39 is 5.91 Å². The zero-order valence-electron chi connectivity index (χ0n) is 19.7. The van der Waals surface area contributed by atoms with Gasteiger partial charge >= 0.3 is 0 Å². The first-order valence-electron chi connectivity index (χ1n) is 11.5. The van der Waals surface area contributed by atoms with Crippen molar-refractivity contribution in [3.8, 4) is 5.75 Å². The molecule has 2 aliphatic rings. The SMILES string of the molecule is CCNC(=NCc1cccc(OCC(N)=O)c1)N1CCN(C(C)C(=O)N2CCCC2)CC1.I. The van der Waals surface area contributed by atoms with Crippen molar-refractivity contribution < 1.29 is 14.3 Å². The number of hydrogen-bond donors (Lipinski definition) is 2. The molecule has 10 heteroatoms. The van der Waals surface area contributed by atoms with E-state index in [0.29, 0.717) is 12.3 Å². The Hall–Kier alpha value is -2.08. The smallest absolute Gasteiger partial charge is 0.255 e. The molecule has 0 spiro atoms. The van der Waals surface area contributed by atoms with Gasteiger partial charge in [-0.05, 0) is 44.4 Å². The molecule has 1 atom stereocenters. The molecule has 2 fully saturated rings. The van der Waals surface area contributed by atoms with Crippen LogP contribution in [0, 0.1) is 0 Å². The Labute approximate surface area is 213 Å². The number of benzene rings is 1. The second-order valence-electron chi connectivity index (χ2n) is 8.30. The molecule has 2 heterocycles. The number of hydrogen-bond acceptors (Lipinski definition) is 5. The van der Waals surface area contributed by atoms with Crippen LogP contribution >= 0.6 is 24.0 Å². The van der Waals surface area contributed by atoms with E-state index >= 15 is 0 Å². The molecule has 0 aromatic heterocycles. The van der Waals surface area contributed by atoms with E-state index in [-0.39, 0.29) is 42.5 Å². The van der Waals surface area contributed by atoms with E-state index in [1.54, 1.807) is 6.07 Å². The summed E-state index contributed by atoms with van der Waals surface area (Å²) in [6, 6.07) is 7.46. The molecule has 184 valence electrons. The lowest BCUT2D eigenvalue weighted by molar-refractivity contribution is -0.135. The van der Waals surface area contributed by atoms with Gasteiger partial charge in [0.2, 0.25) is 5.91 Å².